The Balaban J connectivity index is 1.61. The molecular formula is C22H27Cl2N3O3S. The van der Waals surface area contributed by atoms with E-state index in [9.17, 15) is 13.2 Å². The lowest BCUT2D eigenvalue weighted by atomic mass is 10.0. The van der Waals surface area contributed by atoms with E-state index in [1.54, 1.807) is 37.3 Å². The minimum absolute atomic E-state index is 0.218. The molecule has 31 heavy (non-hydrogen) atoms. The second-order valence-electron chi connectivity index (χ2n) is 7.93. The van der Waals surface area contributed by atoms with Crippen LogP contribution in [-0.2, 0) is 14.8 Å². The zero-order valence-corrected chi connectivity index (χ0v) is 20.1. The first-order valence-corrected chi connectivity index (χ1v) is 12.4. The van der Waals surface area contributed by atoms with Gasteiger partial charge in [-0.2, -0.15) is 4.31 Å². The molecule has 0 radical (unpaired) electrons. The number of halogens is 2. The van der Waals surface area contributed by atoms with Crippen molar-refractivity contribution in [2.75, 3.05) is 31.5 Å². The van der Waals surface area contributed by atoms with Crippen LogP contribution in [0.1, 0.15) is 32.3 Å². The van der Waals surface area contributed by atoms with Gasteiger partial charge in [0.1, 0.15) is 0 Å². The van der Waals surface area contributed by atoms with E-state index in [4.69, 9.17) is 23.2 Å². The third-order valence-electron chi connectivity index (χ3n) is 5.59. The van der Waals surface area contributed by atoms with Crippen molar-refractivity contribution >= 4 is 44.8 Å². The van der Waals surface area contributed by atoms with Gasteiger partial charge in [0.25, 0.3) is 0 Å². The van der Waals surface area contributed by atoms with Crippen molar-refractivity contribution in [3.63, 3.8) is 0 Å². The summed E-state index contributed by atoms with van der Waals surface area (Å²) in [5.41, 5.74) is 1.56. The van der Waals surface area contributed by atoms with Gasteiger partial charge in [-0.25, -0.2) is 8.42 Å². The van der Waals surface area contributed by atoms with Gasteiger partial charge in [0, 0.05) is 26.2 Å². The number of piperazine rings is 1. The number of hydrogen-bond acceptors (Lipinski definition) is 4. The van der Waals surface area contributed by atoms with E-state index in [0.29, 0.717) is 52.7 Å². The summed E-state index contributed by atoms with van der Waals surface area (Å²) in [5, 5.41) is 3.46. The quantitative estimate of drug-likeness (QED) is 0.658. The molecule has 2 aromatic rings. The van der Waals surface area contributed by atoms with Crippen LogP contribution in [0.4, 0.5) is 5.69 Å². The molecule has 1 atom stereocenters. The molecule has 1 heterocycles. The maximum atomic E-state index is 13.0. The smallest absolute Gasteiger partial charge is 0.243 e. The molecule has 0 spiro atoms. The molecule has 1 unspecified atom stereocenters. The summed E-state index contributed by atoms with van der Waals surface area (Å²) in [7, 11) is -3.56. The van der Waals surface area contributed by atoms with Gasteiger partial charge in [-0.05, 0) is 42.7 Å². The van der Waals surface area contributed by atoms with E-state index in [1.165, 1.54) is 4.31 Å². The van der Waals surface area contributed by atoms with E-state index >= 15 is 0 Å². The van der Waals surface area contributed by atoms with Crippen LogP contribution in [-0.4, -0.2) is 55.8 Å². The molecular weight excluding hydrogens is 457 g/mol. The Morgan fingerprint density at radius 3 is 2.16 bits per heavy atom. The van der Waals surface area contributed by atoms with Crippen LogP contribution >= 0.6 is 23.2 Å². The van der Waals surface area contributed by atoms with Crippen molar-refractivity contribution in [2.24, 2.45) is 0 Å². The van der Waals surface area contributed by atoms with Crippen molar-refractivity contribution in [1.82, 2.24) is 9.21 Å². The topological polar surface area (TPSA) is 69.7 Å². The molecule has 1 amide bonds. The second kappa shape index (κ2) is 9.88. The molecule has 0 saturated carbocycles. The standard InChI is InChI=1S/C22H27Cl2N3O3S/c1-15(2)17-7-9-18(10-8-17)31(29,30)27-13-11-26(12-14-27)16(3)22(28)25-20-6-4-5-19(23)21(20)24/h4-10,15-16H,11-14H2,1-3H3,(H,25,28). The number of benzene rings is 2. The van der Waals surface area contributed by atoms with Gasteiger partial charge in [0.15, 0.2) is 0 Å². The Labute approximate surface area is 194 Å². The Bertz CT molecular complexity index is 1030. The zero-order valence-electron chi connectivity index (χ0n) is 17.8. The summed E-state index contributed by atoms with van der Waals surface area (Å²) >= 11 is 12.2. The lowest BCUT2D eigenvalue weighted by Gasteiger charge is -2.36. The van der Waals surface area contributed by atoms with Gasteiger partial charge >= 0.3 is 0 Å². The van der Waals surface area contributed by atoms with Crippen LogP contribution in [0.15, 0.2) is 47.4 Å². The van der Waals surface area contributed by atoms with E-state index in [-0.39, 0.29) is 5.91 Å². The monoisotopic (exact) mass is 483 g/mol. The van der Waals surface area contributed by atoms with Crippen molar-refractivity contribution in [2.45, 2.75) is 37.6 Å². The lowest BCUT2D eigenvalue weighted by molar-refractivity contribution is -0.121. The summed E-state index contributed by atoms with van der Waals surface area (Å²) in [4.78, 5) is 14.9. The minimum atomic E-state index is -3.56. The summed E-state index contributed by atoms with van der Waals surface area (Å²) in [5.74, 6) is 0.125. The second-order valence-corrected chi connectivity index (χ2v) is 10.7. The molecule has 6 nitrogen and oxygen atoms in total. The highest BCUT2D eigenvalue weighted by Gasteiger charge is 2.32. The van der Waals surface area contributed by atoms with Crippen molar-refractivity contribution < 1.29 is 13.2 Å². The van der Waals surface area contributed by atoms with E-state index < -0.39 is 16.1 Å². The maximum Gasteiger partial charge on any atom is 0.243 e. The zero-order chi connectivity index (χ0) is 22.8. The first kappa shape index (κ1) is 24.0. The predicted octanol–water partition coefficient (Wildman–Crippen LogP) is 4.45. The highest BCUT2D eigenvalue weighted by Crippen LogP contribution is 2.30. The van der Waals surface area contributed by atoms with E-state index in [0.717, 1.165) is 5.56 Å². The van der Waals surface area contributed by atoms with Crippen LogP contribution in [0.25, 0.3) is 0 Å². The fraction of sp³-hybridized carbons (Fsp3) is 0.409. The molecule has 1 aliphatic heterocycles. The lowest BCUT2D eigenvalue weighted by Crippen LogP contribution is -2.53. The summed E-state index contributed by atoms with van der Waals surface area (Å²) < 4.78 is 27.5. The number of carbonyl (C=O) groups is 1. The average Bonchev–Trinajstić information content (AvgIpc) is 2.76. The third kappa shape index (κ3) is 5.41. The fourth-order valence-corrected chi connectivity index (χ4v) is 5.28. The average molecular weight is 484 g/mol. The number of anilines is 1. The van der Waals surface area contributed by atoms with Gasteiger partial charge < -0.3 is 5.32 Å². The molecule has 0 aromatic heterocycles. The van der Waals surface area contributed by atoms with Gasteiger partial charge in [-0.3, -0.25) is 9.69 Å². The number of amides is 1. The molecule has 1 N–H and O–H groups in total. The van der Waals surface area contributed by atoms with Crippen LogP contribution < -0.4 is 5.32 Å². The summed E-state index contributed by atoms with van der Waals surface area (Å²) in [6.07, 6.45) is 0. The Morgan fingerprint density at radius 2 is 1.58 bits per heavy atom. The van der Waals surface area contributed by atoms with Crippen LogP contribution in [0, 0.1) is 0 Å². The third-order valence-corrected chi connectivity index (χ3v) is 8.33. The SMILES string of the molecule is CC(C)c1ccc(S(=O)(=O)N2CCN(C(C)C(=O)Nc3cccc(Cl)c3Cl)CC2)cc1. The van der Waals surface area contributed by atoms with Gasteiger partial charge in [0.05, 0.1) is 26.7 Å². The van der Waals surface area contributed by atoms with Crippen LogP contribution in [0.2, 0.25) is 10.0 Å². The number of nitrogens with zero attached hydrogens (tertiary/aromatic N) is 2. The first-order chi connectivity index (χ1) is 14.6. The van der Waals surface area contributed by atoms with Crippen molar-refractivity contribution in [1.29, 1.82) is 0 Å². The molecule has 0 bridgehead atoms. The Hall–Kier alpha value is -1.64. The highest BCUT2D eigenvalue weighted by atomic mass is 35.5. The van der Waals surface area contributed by atoms with Gasteiger partial charge in [0.2, 0.25) is 15.9 Å². The maximum absolute atomic E-state index is 13.0. The Morgan fingerprint density at radius 1 is 0.968 bits per heavy atom. The highest BCUT2D eigenvalue weighted by molar-refractivity contribution is 7.89. The fourth-order valence-electron chi connectivity index (χ4n) is 3.51. The van der Waals surface area contributed by atoms with Crippen LogP contribution in [0.5, 0.6) is 0 Å². The molecule has 168 valence electrons. The summed E-state index contributed by atoms with van der Waals surface area (Å²) in [6.45, 7) is 7.50. The largest absolute Gasteiger partial charge is 0.323 e. The number of rotatable bonds is 6. The molecule has 0 aliphatic carbocycles. The molecule has 2 aromatic carbocycles. The molecule has 3 rings (SSSR count). The molecule has 1 fully saturated rings. The molecule has 9 heteroatoms. The minimum Gasteiger partial charge on any atom is -0.323 e. The van der Waals surface area contributed by atoms with E-state index in [2.05, 4.69) is 19.2 Å². The first-order valence-electron chi connectivity index (χ1n) is 10.2. The molecule has 1 saturated heterocycles. The van der Waals surface area contributed by atoms with Gasteiger partial charge in [-0.1, -0.05) is 55.2 Å². The summed E-state index contributed by atoms with van der Waals surface area (Å²) in [6, 6.07) is 11.7. The normalized spacial score (nSPS) is 17.0. The van der Waals surface area contributed by atoms with Gasteiger partial charge in [-0.15, -0.1) is 0 Å². The van der Waals surface area contributed by atoms with E-state index in [1.807, 2.05) is 17.0 Å². The predicted molar refractivity (Wildman–Crippen MR) is 125 cm³/mol. The Kier molecular flexibility index (Phi) is 7.65. The van der Waals surface area contributed by atoms with Crippen molar-refractivity contribution in [3.05, 3.63) is 58.1 Å². The van der Waals surface area contributed by atoms with Crippen molar-refractivity contribution in [3.8, 4) is 0 Å². The van der Waals surface area contributed by atoms with Crippen LogP contribution in [0.3, 0.4) is 0 Å². The number of sulfonamides is 1. The molecule has 1 aliphatic rings. The number of nitrogens with one attached hydrogen (secondary N) is 1. The number of carbonyl (C=O) groups excluding carboxylic acids is 1. The number of hydrogen-bond donors (Lipinski definition) is 1.